The molecule has 1 aliphatic heterocycles. The highest BCUT2D eigenvalue weighted by atomic mass is 35.5. The highest BCUT2D eigenvalue weighted by Gasteiger charge is 2.21. The third-order valence-corrected chi connectivity index (χ3v) is 5.49. The SMILES string of the molecule is CCOc1ccc2c(c1)SC(=Cc1cccc(Oc3ccc(Cl)cc3)c1)C(=O)N2. The van der Waals surface area contributed by atoms with Crippen LogP contribution in [0.15, 0.2) is 76.5 Å². The summed E-state index contributed by atoms with van der Waals surface area (Å²) < 4.78 is 11.4. The number of carbonyl (C=O) groups is 1. The number of carbonyl (C=O) groups excluding carboxylic acids is 1. The molecule has 4 nitrogen and oxygen atoms in total. The molecule has 1 aliphatic rings. The predicted octanol–water partition coefficient (Wildman–Crippen LogP) is 6.62. The van der Waals surface area contributed by atoms with Gasteiger partial charge in [0.05, 0.1) is 17.2 Å². The van der Waals surface area contributed by atoms with E-state index < -0.39 is 0 Å². The molecular formula is C23H18ClNO3S. The monoisotopic (exact) mass is 423 g/mol. The minimum absolute atomic E-state index is 0.129. The van der Waals surface area contributed by atoms with Crippen LogP contribution in [-0.4, -0.2) is 12.5 Å². The number of fused-ring (bicyclic) bond motifs is 1. The van der Waals surface area contributed by atoms with Crippen molar-refractivity contribution in [2.75, 3.05) is 11.9 Å². The maximum absolute atomic E-state index is 12.5. The normalized spacial score (nSPS) is 14.3. The first-order chi connectivity index (χ1) is 14.1. The van der Waals surface area contributed by atoms with Gasteiger partial charge >= 0.3 is 0 Å². The minimum Gasteiger partial charge on any atom is -0.494 e. The maximum atomic E-state index is 12.5. The smallest absolute Gasteiger partial charge is 0.262 e. The van der Waals surface area contributed by atoms with Gasteiger partial charge in [0.1, 0.15) is 17.2 Å². The zero-order valence-corrected chi connectivity index (χ0v) is 17.2. The van der Waals surface area contributed by atoms with Crippen LogP contribution in [0.1, 0.15) is 12.5 Å². The van der Waals surface area contributed by atoms with Crippen LogP contribution in [0.25, 0.3) is 6.08 Å². The second kappa shape index (κ2) is 8.64. The van der Waals surface area contributed by atoms with E-state index in [1.807, 2.05) is 67.6 Å². The van der Waals surface area contributed by atoms with Crippen LogP contribution in [0.4, 0.5) is 5.69 Å². The van der Waals surface area contributed by atoms with Crippen LogP contribution >= 0.6 is 23.4 Å². The van der Waals surface area contributed by atoms with Gasteiger partial charge in [-0.05, 0) is 73.2 Å². The van der Waals surface area contributed by atoms with Crippen LogP contribution < -0.4 is 14.8 Å². The van der Waals surface area contributed by atoms with Gasteiger partial charge in [0, 0.05) is 9.92 Å². The van der Waals surface area contributed by atoms with E-state index in [9.17, 15) is 4.79 Å². The standard InChI is InChI=1S/C23H18ClNO3S/c1-2-27-18-10-11-20-21(14-18)29-22(23(26)25-20)13-15-4-3-5-19(12-15)28-17-8-6-16(24)7-9-17/h3-14H,2H2,1H3,(H,25,26). The summed E-state index contributed by atoms with van der Waals surface area (Å²) >= 11 is 7.34. The van der Waals surface area contributed by atoms with E-state index in [4.69, 9.17) is 21.1 Å². The van der Waals surface area contributed by atoms with Gasteiger partial charge in [0.2, 0.25) is 0 Å². The second-order valence-corrected chi connectivity index (χ2v) is 7.80. The van der Waals surface area contributed by atoms with E-state index >= 15 is 0 Å². The first-order valence-electron chi connectivity index (χ1n) is 9.12. The molecule has 1 amide bonds. The molecule has 1 heterocycles. The van der Waals surface area contributed by atoms with Crippen molar-refractivity contribution in [2.45, 2.75) is 11.8 Å². The molecule has 3 aromatic carbocycles. The lowest BCUT2D eigenvalue weighted by atomic mass is 10.2. The molecular weight excluding hydrogens is 406 g/mol. The number of thioether (sulfide) groups is 1. The van der Waals surface area contributed by atoms with Crippen molar-refractivity contribution in [2.24, 2.45) is 0 Å². The van der Waals surface area contributed by atoms with Gasteiger partial charge in [-0.2, -0.15) is 0 Å². The largest absolute Gasteiger partial charge is 0.494 e. The van der Waals surface area contributed by atoms with Gasteiger partial charge < -0.3 is 14.8 Å². The molecule has 0 aromatic heterocycles. The Labute approximate surface area is 178 Å². The summed E-state index contributed by atoms with van der Waals surface area (Å²) in [5.74, 6) is 2.03. The summed E-state index contributed by atoms with van der Waals surface area (Å²) in [6.45, 7) is 2.54. The number of rotatable bonds is 5. The molecule has 0 fully saturated rings. The Kier molecular flexibility index (Phi) is 5.79. The van der Waals surface area contributed by atoms with Gasteiger partial charge in [0.25, 0.3) is 5.91 Å². The molecule has 0 saturated carbocycles. The highest BCUT2D eigenvalue weighted by Crippen LogP contribution is 2.41. The van der Waals surface area contributed by atoms with Crippen molar-refractivity contribution >= 4 is 41.0 Å². The Hall–Kier alpha value is -2.89. The summed E-state index contributed by atoms with van der Waals surface area (Å²) in [5, 5.41) is 3.59. The van der Waals surface area contributed by atoms with E-state index in [1.165, 1.54) is 11.8 Å². The summed E-state index contributed by atoms with van der Waals surface area (Å²) in [6, 6.07) is 20.4. The number of ether oxygens (including phenoxy) is 2. The molecule has 146 valence electrons. The molecule has 0 bridgehead atoms. The number of hydrogen-bond donors (Lipinski definition) is 1. The molecule has 6 heteroatoms. The van der Waals surface area contributed by atoms with Crippen molar-refractivity contribution in [3.05, 3.63) is 82.2 Å². The first kappa shape index (κ1) is 19.4. The van der Waals surface area contributed by atoms with Crippen LogP contribution in [-0.2, 0) is 4.79 Å². The number of hydrogen-bond acceptors (Lipinski definition) is 4. The molecule has 0 aliphatic carbocycles. The zero-order chi connectivity index (χ0) is 20.2. The predicted molar refractivity (Wildman–Crippen MR) is 118 cm³/mol. The summed E-state index contributed by atoms with van der Waals surface area (Å²) in [4.78, 5) is 14.1. The van der Waals surface area contributed by atoms with E-state index in [2.05, 4.69) is 5.32 Å². The van der Waals surface area contributed by atoms with Gasteiger partial charge in [-0.3, -0.25) is 4.79 Å². The molecule has 29 heavy (non-hydrogen) atoms. The Morgan fingerprint density at radius 2 is 1.79 bits per heavy atom. The lowest BCUT2D eigenvalue weighted by Crippen LogP contribution is -2.17. The number of halogens is 1. The molecule has 0 unspecified atom stereocenters. The average Bonchev–Trinajstić information content (AvgIpc) is 2.71. The van der Waals surface area contributed by atoms with E-state index in [-0.39, 0.29) is 5.91 Å². The van der Waals surface area contributed by atoms with E-state index in [1.54, 1.807) is 12.1 Å². The fraction of sp³-hybridized carbons (Fsp3) is 0.0870. The van der Waals surface area contributed by atoms with Crippen molar-refractivity contribution in [3.63, 3.8) is 0 Å². The summed E-state index contributed by atoms with van der Waals surface area (Å²) in [6.07, 6.45) is 1.85. The van der Waals surface area contributed by atoms with Crippen LogP contribution in [0.2, 0.25) is 5.02 Å². The molecule has 4 rings (SSSR count). The summed E-state index contributed by atoms with van der Waals surface area (Å²) in [7, 11) is 0. The molecule has 3 aromatic rings. The minimum atomic E-state index is -0.129. The van der Waals surface area contributed by atoms with Crippen molar-refractivity contribution in [1.29, 1.82) is 0 Å². The average molecular weight is 424 g/mol. The molecule has 1 N–H and O–H groups in total. The Morgan fingerprint density at radius 3 is 2.59 bits per heavy atom. The Bertz CT molecular complexity index is 1080. The van der Waals surface area contributed by atoms with Crippen molar-refractivity contribution < 1.29 is 14.3 Å². The molecule has 0 spiro atoms. The van der Waals surface area contributed by atoms with Crippen LogP contribution in [0.5, 0.6) is 17.2 Å². The fourth-order valence-corrected chi connectivity index (χ4v) is 3.95. The van der Waals surface area contributed by atoms with Crippen LogP contribution in [0, 0.1) is 0 Å². The van der Waals surface area contributed by atoms with Crippen molar-refractivity contribution in [1.82, 2.24) is 0 Å². The van der Waals surface area contributed by atoms with Gasteiger partial charge in [-0.1, -0.05) is 35.5 Å². The molecule has 0 atom stereocenters. The lowest BCUT2D eigenvalue weighted by Gasteiger charge is -2.19. The zero-order valence-electron chi connectivity index (χ0n) is 15.6. The maximum Gasteiger partial charge on any atom is 0.262 e. The van der Waals surface area contributed by atoms with E-state index in [0.717, 1.165) is 21.9 Å². The Balaban J connectivity index is 1.56. The van der Waals surface area contributed by atoms with E-state index in [0.29, 0.717) is 28.0 Å². The lowest BCUT2D eigenvalue weighted by molar-refractivity contribution is -0.112. The third-order valence-electron chi connectivity index (χ3n) is 4.16. The van der Waals surface area contributed by atoms with Crippen LogP contribution in [0.3, 0.4) is 0 Å². The fourth-order valence-electron chi connectivity index (χ4n) is 2.85. The number of anilines is 1. The topological polar surface area (TPSA) is 47.6 Å². The number of amides is 1. The van der Waals surface area contributed by atoms with Gasteiger partial charge in [-0.25, -0.2) is 0 Å². The molecule has 0 saturated heterocycles. The Morgan fingerprint density at radius 1 is 1.00 bits per heavy atom. The highest BCUT2D eigenvalue weighted by molar-refractivity contribution is 8.04. The number of benzene rings is 3. The number of nitrogens with one attached hydrogen (secondary N) is 1. The quantitative estimate of drug-likeness (QED) is 0.468. The summed E-state index contributed by atoms with van der Waals surface area (Å²) in [5.41, 5.74) is 1.67. The van der Waals surface area contributed by atoms with Gasteiger partial charge in [0.15, 0.2) is 0 Å². The third kappa shape index (κ3) is 4.75. The van der Waals surface area contributed by atoms with Crippen molar-refractivity contribution in [3.8, 4) is 17.2 Å². The molecule has 0 radical (unpaired) electrons. The second-order valence-electron chi connectivity index (χ2n) is 6.28. The van der Waals surface area contributed by atoms with Gasteiger partial charge in [-0.15, -0.1) is 0 Å². The first-order valence-corrected chi connectivity index (χ1v) is 10.3.